The fraction of sp³-hybridized carbons (Fsp3) is 0.222. The Morgan fingerprint density at radius 3 is 2.67 bits per heavy atom. The number of aryl methyl sites for hydroxylation is 1. The molecule has 2 nitrogen and oxygen atoms in total. The molecule has 1 aromatic carbocycles. The van der Waals surface area contributed by atoms with Gasteiger partial charge in [-0.2, -0.15) is 0 Å². The van der Waals surface area contributed by atoms with E-state index in [9.17, 15) is 4.79 Å². The first-order valence-electron chi connectivity index (χ1n) is 3.62. The summed E-state index contributed by atoms with van der Waals surface area (Å²) < 4.78 is 0. The van der Waals surface area contributed by atoms with E-state index in [2.05, 4.69) is 5.32 Å². The van der Waals surface area contributed by atoms with Crippen molar-refractivity contribution in [2.75, 3.05) is 12.4 Å². The van der Waals surface area contributed by atoms with Crippen molar-refractivity contribution in [3.8, 4) is 0 Å². The molecule has 1 rings (SSSR count). The summed E-state index contributed by atoms with van der Waals surface area (Å²) in [5, 5.41) is 3.54. The van der Waals surface area contributed by atoms with E-state index in [1.807, 2.05) is 13.0 Å². The molecular formula is C9H10ClNO. The van der Waals surface area contributed by atoms with E-state index in [1.54, 1.807) is 13.1 Å². The summed E-state index contributed by atoms with van der Waals surface area (Å²) in [5.41, 5.74) is 2.42. The van der Waals surface area contributed by atoms with Crippen molar-refractivity contribution in [3.63, 3.8) is 0 Å². The molecule has 0 spiro atoms. The third-order valence-corrected chi connectivity index (χ3v) is 1.93. The largest absolute Gasteiger partial charge is 0.387 e. The molecule has 1 N–H and O–H groups in total. The standard InChI is InChI=1S/C9H10ClNO/c1-6-3-8(10)4-7(5-12)9(6)11-2/h3-5,11H,1-2H3. The summed E-state index contributed by atoms with van der Waals surface area (Å²) in [7, 11) is 1.78. The van der Waals surface area contributed by atoms with Gasteiger partial charge in [0.1, 0.15) is 0 Å². The number of hydrogen-bond donors (Lipinski definition) is 1. The maximum atomic E-state index is 10.6. The van der Waals surface area contributed by atoms with Gasteiger partial charge >= 0.3 is 0 Å². The van der Waals surface area contributed by atoms with Gasteiger partial charge in [-0.1, -0.05) is 11.6 Å². The van der Waals surface area contributed by atoms with Crippen molar-refractivity contribution in [3.05, 3.63) is 28.3 Å². The number of nitrogens with one attached hydrogen (secondary N) is 1. The van der Waals surface area contributed by atoms with Crippen LogP contribution in [-0.2, 0) is 0 Å². The lowest BCUT2D eigenvalue weighted by Gasteiger charge is -2.07. The predicted molar refractivity (Wildman–Crippen MR) is 51.1 cm³/mol. The third-order valence-electron chi connectivity index (χ3n) is 1.71. The monoisotopic (exact) mass is 183 g/mol. The average Bonchev–Trinajstić information content (AvgIpc) is 2.03. The van der Waals surface area contributed by atoms with Crippen LogP contribution in [-0.4, -0.2) is 13.3 Å². The number of halogens is 1. The third kappa shape index (κ3) is 1.59. The zero-order chi connectivity index (χ0) is 9.14. The molecule has 0 saturated carbocycles. The van der Waals surface area contributed by atoms with Crippen molar-refractivity contribution < 1.29 is 4.79 Å². The second-order valence-corrected chi connectivity index (χ2v) is 2.99. The number of hydrogen-bond acceptors (Lipinski definition) is 2. The van der Waals surface area contributed by atoms with Gasteiger partial charge in [0.2, 0.25) is 0 Å². The van der Waals surface area contributed by atoms with Crippen LogP contribution in [0.4, 0.5) is 5.69 Å². The molecule has 0 unspecified atom stereocenters. The van der Waals surface area contributed by atoms with Crippen LogP contribution in [0.15, 0.2) is 12.1 Å². The van der Waals surface area contributed by atoms with E-state index in [4.69, 9.17) is 11.6 Å². The lowest BCUT2D eigenvalue weighted by atomic mass is 10.1. The molecule has 64 valence electrons. The number of carbonyl (C=O) groups is 1. The highest BCUT2D eigenvalue weighted by Gasteiger charge is 2.04. The Labute approximate surface area is 76.5 Å². The average molecular weight is 184 g/mol. The summed E-state index contributed by atoms with van der Waals surface area (Å²) in [6.07, 6.45) is 0.796. The van der Waals surface area contributed by atoms with Crippen LogP contribution in [0.3, 0.4) is 0 Å². The number of benzene rings is 1. The second kappa shape index (κ2) is 3.59. The van der Waals surface area contributed by atoms with Gasteiger partial charge in [-0.05, 0) is 24.6 Å². The fourth-order valence-electron chi connectivity index (χ4n) is 1.20. The Bertz CT molecular complexity index is 310. The summed E-state index contributed by atoms with van der Waals surface area (Å²) >= 11 is 5.77. The number of aldehydes is 1. The summed E-state index contributed by atoms with van der Waals surface area (Å²) in [5.74, 6) is 0. The van der Waals surface area contributed by atoms with Gasteiger partial charge in [-0.3, -0.25) is 4.79 Å². The maximum absolute atomic E-state index is 10.6. The van der Waals surface area contributed by atoms with Gasteiger partial charge in [-0.25, -0.2) is 0 Å². The highest BCUT2D eigenvalue weighted by Crippen LogP contribution is 2.23. The molecule has 1 aromatic rings. The van der Waals surface area contributed by atoms with Crippen molar-refractivity contribution >= 4 is 23.6 Å². The molecule has 0 bridgehead atoms. The molecular weight excluding hydrogens is 174 g/mol. The van der Waals surface area contributed by atoms with E-state index in [-0.39, 0.29) is 0 Å². The molecule has 0 fully saturated rings. The Balaban J connectivity index is 3.33. The van der Waals surface area contributed by atoms with E-state index >= 15 is 0 Å². The van der Waals surface area contributed by atoms with Crippen molar-refractivity contribution in [1.82, 2.24) is 0 Å². The zero-order valence-corrected chi connectivity index (χ0v) is 7.77. The van der Waals surface area contributed by atoms with Crippen LogP contribution >= 0.6 is 11.6 Å². The molecule has 0 aliphatic carbocycles. The fourth-order valence-corrected chi connectivity index (χ4v) is 1.48. The van der Waals surface area contributed by atoms with Crippen LogP contribution in [0.5, 0.6) is 0 Å². The summed E-state index contributed by atoms with van der Waals surface area (Å²) in [6.45, 7) is 1.91. The first-order chi connectivity index (χ1) is 5.69. The second-order valence-electron chi connectivity index (χ2n) is 2.55. The van der Waals surface area contributed by atoms with Crippen LogP contribution in [0.2, 0.25) is 5.02 Å². The molecule has 12 heavy (non-hydrogen) atoms. The summed E-state index contributed by atoms with van der Waals surface area (Å²) in [6, 6.07) is 3.47. The Hall–Kier alpha value is -1.02. The molecule has 0 saturated heterocycles. The number of rotatable bonds is 2. The van der Waals surface area contributed by atoms with Gasteiger partial charge in [-0.15, -0.1) is 0 Å². The van der Waals surface area contributed by atoms with E-state index in [0.29, 0.717) is 10.6 Å². The molecule has 0 aromatic heterocycles. The van der Waals surface area contributed by atoms with Gasteiger partial charge in [0.15, 0.2) is 6.29 Å². The van der Waals surface area contributed by atoms with E-state index < -0.39 is 0 Å². The lowest BCUT2D eigenvalue weighted by Crippen LogP contribution is -1.97. The predicted octanol–water partition coefficient (Wildman–Crippen LogP) is 2.50. The first kappa shape index (κ1) is 9.07. The summed E-state index contributed by atoms with van der Waals surface area (Å²) in [4.78, 5) is 10.6. The minimum absolute atomic E-state index is 0.591. The first-order valence-corrected chi connectivity index (χ1v) is 4.00. The van der Waals surface area contributed by atoms with Gasteiger partial charge in [0.25, 0.3) is 0 Å². The van der Waals surface area contributed by atoms with Crippen LogP contribution in [0, 0.1) is 6.92 Å². The number of anilines is 1. The topological polar surface area (TPSA) is 29.1 Å². The minimum atomic E-state index is 0.591. The van der Waals surface area contributed by atoms with Gasteiger partial charge in [0, 0.05) is 23.3 Å². The molecule has 0 heterocycles. The Kier molecular flexibility index (Phi) is 2.71. The van der Waals surface area contributed by atoms with Crippen molar-refractivity contribution in [1.29, 1.82) is 0 Å². The zero-order valence-electron chi connectivity index (χ0n) is 7.02. The normalized spacial score (nSPS) is 9.58. The Morgan fingerprint density at radius 1 is 1.50 bits per heavy atom. The molecule has 0 aliphatic rings. The van der Waals surface area contributed by atoms with Crippen molar-refractivity contribution in [2.24, 2.45) is 0 Å². The van der Waals surface area contributed by atoms with Crippen LogP contribution < -0.4 is 5.32 Å². The molecule has 0 aliphatic heterocycles. The van der Waals surface area contributed by atoms with Gasteiger partial charge in [0.05, 0.1) is 0 Å². The van der Waals surface area contributed by atoms with Crippen LogP contribution in [0.1, 0.15) is 15.9 Å². The van der Waals surface area contributed by atoms with Gasteiger partial charge < -0.3 is 5.32 Å². The highest BCUT2D eigenvalue weighted by molar-refractivity contribution is 6.31. The maximum Gasteiger partial charge on any atom is 0.152 e. The molecule has 0 amide bonds. The molecule has 0 radical (unpaired) electrons. The smallest absolute Gasteiger partial charge is 0.152 e. The lowest BCUT2D eigenvalue weighted by molar-refractivity contribution is 0.112. The highest BCUT2D eigenvalue weighted by atomic mass is 35.5. The quantitative estimate of drug-likeness (QED) is 0.714. The van der Waals surface area contributed by atoms with E-state index in [1.165, 1.54) is 0 Å². The number of carbonyl (C=O) groups excluding carboxylic acids is 1. The minimum Gasteiger partial charge on any atom is -0.387 e. The van der Waals surface area contributed by atoms with E-state index in [0.717, 1.165) is 17.5 Å². The van der Waals surface area contributed by atoms with Crippen LogP contribution in [0.25, 0.3) is 0 Å². The van der Waals surface area contributed by atoms with Crippen molar-refractivity contribution in [2.45, 2.75) is 6.92 Å². The SMILES string of the molecule is CNc1c(C)cc(Cl)cc1C=O. The molecule has 3 heteroatoms. The molecule has 0 atom stereocenters. The Morgan fingerprint density at radius 2 is 2.17 bits per heavy atom.